The minimum atomic E-state index is -0.428. The summed E-state index contributed by atoms with van der Waals surface area (Å²) in [7, 11) is 0. The molecule has 1 saturated heterocycles. The molecule has 2 amide bonds. The van der Waals surface area contributed by atoms with Crippen molar-refractivity contribution in [2.24, 2.45) is 0 Å². The summed E-state index contributed by atoms with van der Waals surface area (Å²) in [6.07, 6.45) is 1.57. The Morgan fingerprint density at radius 2 is 1.64 bits per heavy atom. The van der Waals surface area contributed by atoms with Crippen molar-refractivity contribution in [2.45, 2.75) is 0 Å². The van der Waals surface area contributed by atoms with Crippen molar-refractivity contribution in [3.63, 3.8) is 0 Å². The first-order chi connectivity index (χ1) is 10.5. The average molecular weight is 378 g/mol. The first-order valence-electron chi connectivity index (χ1n) is 6.43. The Morgan fingerprint density at radius 1 is 1.00 bits per heavy atom. The third-order valence-electron chi connectivity index (χ3n) is 3.16. The zero-order chi connectivity index (χ0) is 15.7. The Kier molecular flexibility index (Phi) is 4.00. The number of carbonyl (C=O) groups is 2. The second-order valence-corrected chi connectivity index (χ2v) is 6.02. The lowest BCUT2D eigenvalue weighted by Gasteiger charge is -2.14. The second-order valence-electron chi connectivity index (χ2n) is 4.67. The molecule has 0 spiro atoms. The van der Waals surface area contributed by atoms with Crippen molar-refractivity contribution in [3.8, 4) is 0 Å². The van der Waals surface area contributed by atoms with Crippen LogP contribution in [0.4, 0.5) is 5.69 Å². The minimum absolute atomic E-state index is 0.0947. The van der Waals surface area contributed by atoms with Gasteiger partial charge in [-0.3, -0.25) is 15.0 Å². The molecular formula is C16H10BrClN2O2. The van der Waals surface area contributed by atoms with Gasteiger partial charge in [0.05, 0.1) is 5.69 Å². The lowest BCUT2D eigenvalue weighted by atomic mass is 10.1. The molecule has 2 aromatic carbocycles. The Labute approximate surface area is 140 Å². The van der Waals surface area contributed by atoms with Crippen molar-refractivity contribution >= 4 is 51.1 Å². The number of amides is 2. The summed E-state index contributed by atoms with van der Waals surface area (Å²) < 4.78 is 0.930. The van der Waals surface area contributed by atoms with Gasteiger partial charge in [-0.25, -0.2) is 5.01 Å². The number of benzene rings is 2. The van der Waals surface area contributed by atoms with Gasteiger partial charge in [0.15, 0.2) is 0 Å². The highest BCUT2D eigenvalue weighted by atomic mass is 79.9. The molecule has 1 heterocycles. The standard InChI is InChI=1S/C16H10BrClN2O2/c17-11-3-1-10(2-4-11)9-14-15(21)19-20(16(14)22)13-7-5-12(18)6-8-13/h1-9H,(H,19,21)/b14-9-. The molecule has 1 fully saturated rings. The van der Waals surface area contributed by atoms with E-state index in [1.54, 1.807) is 30.3 Å². The van der Waals surface area contributed by atoms with E-state index in [4.69, 9.17) is 11.6 Å². The fraction of sp³-hybridized carbons (Fsp3) is 0. The molecule has 3 rings (SSSR count). The maximum Gasteiger partial charge on any atom is 0.282 e. The zero-order valence-corrected chi connectivity index (χ0v) is 13.6. The molecule has 22 heavy (non-hydrogen) atoms. The van der Waals surface area contributed by atoms with Crippen LogP contribution in [0.2, 0.25) is 5.02 Å². The van der Waals surface area contributed by atoms with Gasteiger partial charge < -0.3 is 0 Å². The van der Waals surface area contributed by atoms with E-state index < -0.39 is 11.8 Å². The maximum atomic E-state index is 12.4. The van der Waals surface area contributed by atoms with E-state index in [-0.39, 0.29) is 5.57 Å². The molecule has 0 saturated carbocycles. The highest BCUT2D eigenvalue weighted by molar-refractivity contribution is 9.10. The van der Waals surface area contributed by atoms with Crippen LogP contribution in [0.5, 0.6) is 0 Å². The van der Waals surface area contributed by atoms with E-state index in [1.165, 1.54) is 5.01 Å². The Balaban J connectivity index is 1.91. The van der Waals surface area contributed by atoms with E-state index in [9.17, 15) is 9.59 Å². The average Bonchev–Trinajstić information content (AvgIpc) is 2.78. The molecule has 0 aromatic heterocycles. The normalized spacial score (nSPS) is 16.3. The van der Waals surface area contributed by atoms with Crippen molar-refractivity contribution in [2.75, 3.05) is 5.01 Å². The van der Waals surface area contributed by atoms with Crippen LogP contribution >= 0.6 is 27.5 Å². The molecule has 0 radical (unpaired) electrons. The molecule has 2 aromatic rings. The smallest absolute Gasteiger partial charge is 0.267 e. The first kappa shape index (κ1) is 14.8. The molecule has 0 atom stereocenters. The van der Waals surface area contributed by atoms with E-state index in [0.717, 1.165) is 10.0 Å². The van der Waals surface area contributed by atoms with Crippen molar-refractivity contribution in [1.82, 2.24) is 5.43 Å². The zero-order valence-electron chi connectivity index (χ0n) is 11.2. The first-order valence-corrected chi connectivity index (χ1v) is 7.60. The number of anilines is 1. The van der Waals surface area contributed by atoms with Gasteiger partial charge in [0.1, 0.15) is 5.57 Å². The number of hydrogen-bond acceptors (Lipinski definition) is 2. The minimum Gasteiger partial charge on any atom is -0.267 e. The van der Waals surface area contributed by atoms with E-state index >= 15 is 0 Å². The number of nitrogens with zero attached hydrogens (tertiary/aromatic N) is 1. The molecule has 1 aliphatic rings. The molecule has 0 unspecified atom stereocenters. The van der Waals surface area contributed by atoms with E-state index in [1.807, 2.05) is 24.3 Å². The predicted octanol–water partition coefficient (Wildman–Crippen LogP) is 3.56. The summed E-state index contributed by atoms with van der Waals surface area (Å²) in [5.41, 5.74) is 3.97. The van der Waals surface area contributed by atoms with Gasteiger partial charge in [-0.05, 0) is 48.0 Å². The summed E-state index contributed by atoms with van der Waals surface area (Å²) in [4.78, 5) is 24.4. The monoisotopic (exact) mass is 376 g/mol. The fourth-order valence-electron chi connectivity index (χ4n) is 2.06. The summed E-state index contributed by atoms with van der Waals surface area (Å²) in [6.45, 7) is 0. The fourth-order valence-corrected chi connectivity index (χ4v) is 2.45. The van der Waals surface area contributed by atoms with Gasteiger partial charge in [-0.2, -0.15) is 0 Å². The number of rotatable bonds is 2. The second kappa shape index (κ2) is 5.94. The summed E-state index contributed by atoms with van der Waals surface area (Å²) >= 11 is 9.17. The number of halogens is 2. The molecule has 0 bridgehead atoms. The van der Waals surface area contributed by atoms with Crippen molar-refractivity contribution in [1.29, 1.82) is 0 Å². The Bertz CT molecular complexity index is 770. The third-order valence-corrected chi connectivity index (χ3v) is 3.94. The van der Waals surface area contributed by atoms with Crippen LogP contribution in [0.25, 0.3) is 6.08 Å². The van der Waals surface area contributed by atoms with Gasteiger partial charge in [-0.1, -0.05) is 39.7 Å². The molecule has 0 aliphatic carbocycles. The van der Waals surface area contributed by atoms with Crippen LogP contribution in [0.3, 0.4) is 0 Å². The van der Waals surface area contributed by atoms with Crippen LogP contribution < -0.4 is 10.4 Å². The lowest BCUT2D eigenvalue weighted by Crippen LogP contribution is -2.35. The molecule has 1 aliphatic heterocycles. The van der Waals surface area contributed by atoms with Gasteiger partial charge >= 0.3 is 0 Å². The van der Waals surface area contributed by atoms with Gasteiger partial charge in [0.2, 0.25) is 0 Å². The van der Waals surface area contributed by atoms with E-state index in [0.29, 0.717) is 10.7 Å². The molecule has 110 valence electrons. The SMILES string of the molecule is O=C1NN(c2ccc(Cl)cc2)C(=O)/C1=C\c1ccc(Br)cc1. The van der Waals surface area contributed by atoms with E-state index in [2.05, 4.69) is 21.4 Å². The summed E-state index contributed by atoms with van der Waals surface area (Å²) in [5, 5.41) is 1.77. The molecule has 6 heteroatoms. The van der Waals surface area contributed by atoms with Crippen LogP contribution in [-0.2, 0) is 9.59 Å². The molecule has 4 nitrogen and oxygen atoms in total. The number of carbonyl (C=O) groups excluding carboxylic acids is 2. The number of hydrogen-bond donors (Lipinski definition) is 1. The topological polar surface area (TPSA) is 49.4 Å². The van der Waals surface area contributed by atoms with Crippen LogP contribution in [0.15, 0.2) is 58.6 Å². The van der Waals surface area contributed by atoms with Gasteiger partial charge in [0.25, 0.3) is 11.8 Å². The largest absolute Gasteiger partial charge is 0.282 e. The van der Waals surface area contributed by atoms with Crippen molar-refractivity contribution in [3.05, 3.63) is 69.2 Å². The number of nitrogens with one attached hydrogen (secondary N) is 1. The Morgan fingerprint density at radius 3 is 2.27 bits per heavy atom. The predicted molar refractivity (Wildman–Crippen MR) is 89.2 cm³/mol. The van der Waals surface area contributed by atoms with Crippen LogP contribution in [-0.4, -0.2) is 11.8 Å². The highest BCUT2D eigenvalue weighted by Gasteiger charge is 2.34. The molecular weight excluding hydrogens is 368 g/mol. The highest BCUT2D eigenvalue weighted by Crippen LogP contribution is 2.23. The van der Waals surface area contributed by atoms with Crippen LogP contribution in [0, 0.1) is 0 Å². The van der Waals surface area contributed by atoms with Gasteiger partial charge in [-0.15, -0.1) is 0 Å². The van der Waals surface area contributed by atoms with Gasteiger partial charge in [0, 0.05) is 9.50 Å². The number of hydrazine groups is 1. The quantitative estimate of drug-likeness (QED) is 0.642. The third kappa shape index (κ3) is 2.91. The maximum absolute atomic E-state index is 12.4. The summed E-state index contributed by atoms with van der Waals surface area (Å²) in [6, 6.07) is 14.0. The van der Waals surface area contributed by atoms with Crippen molar-refractivity contribution < 1.29 is 9.59 Å². The van der Waals surface area contributed by atoms with Crippen LogP contribution in [0.1, 0.15) is 5.56 Å². The summed E-state index contributed by atoms with van der Waals surface area (Å²) in [5.74, 6) is -0.821. The Hall–Kier alpha value is -2.11. The molecule has 1 N–H and O–H groups in total. The lowest BCUT2D eigenvalue weighted by molar-refractivity contribution is -0.117.